The smallest absolute Gasteiger partial charge is 0.248 e. The summed E-state index contributed by atoms with van der Waals surface area (Å²) in [4.78, 5) is 11.8. The average molecular weight is 271 g/mol. The van der Waals surface area contributed by atoms with Gasteiger partial charge in [0.25, 0.3) is 0 Å². The van der Waals surface area contributed by atoms with Crippen LogP contribution in [0.25, 0.3) is 0 Å². The SMILES string of the molecule is CC(C)NN1C(=O)CSC1c1ccccc1Cl. The fourth-order valence-corrected chi connectivity index (χ4v) is 3.20. The second kappa shape index (κ2) is 5.29. The summed E-state index contributed by atoms with van der Waals surface area (Å²) in [7, 11) is 0. The van der Waals surface area contributed by atoms with Crippen molar-refractivity contribution >= 4 is 29.3 Å². The molecule has 1 atom stereocenters. The molecule has 1 heterocycles. The van der Waals surface area contributed by atoms with E-state index in [0.29, 0.717) is 10.8 Å². The predicted octanol–water partition coefficient (Wildman–Crippen LogP) is 2.83. The van der Waals surface area contributed by atoms with Crippen molar-refractivity contribution < 1.29 is 4.79 Å². The Hall–Kier alpha value is -0.710. The van der Waals surface area contributed by atoms with Crippen LogP contribution in [-0.4, -0.2) is 22.7 Å². The molecule has 1 aromatic carbocycles. The Bertz CT molecular complexity index is 425. The first-order valence-electron chi connectivity index (χ1n) is 5.54. The molecule has 1 unspecified atom stereocenters. The van der Waals surface area contributed by atoms with Gasteiger partial charge in [0.05, 0.1) is 5.75 Å². The van der Waals surface area contributed by atoms with E-state index in [1.165, 1.54) is 0 Å². The van der Waals surface area contributed by atoms with Crippen LogP contribution in [0.3, 0.4) is 0 Å². The van der Waals surface area contributed by atoms with Crippen molar-refractivity contribution in [3.05, 3.63) is 34.9 Å². The van der Waals surface area contributed by atoms with Gasteiger partial charge in [0.15, 0.2) is 0 Å². The van der Waals surface area contributed by atoms with E-state index >= 15 is 0 Å². The van der Waals surface area contributed by atoms with Crippen LogP contribution in [0.5, 0.6) is 0 Å². The summed E-state index contributed by atoms with van der Waals surface area (Å²) in [5, 5.41) is 2.37. The molecule has 1 saturated heterocycles. The van der Waals surface area contributed by atoms with Crippen molar-refractivity contribution in [2.24, 2.45) is 0 Å². The molecule has 0 aromatic heterocycles. The van der Waals surface area contributed by atoms with Crippen LogP contribution in [0.1, 0.15) is 24.8 Å². The van der Waals surface area contributed by atoms with Crippen molar-refractivity contribution in [1.29, 1.82) is 0 Å². The second-order valence-electron chi connectivity index (χ2n) is 4.23. The third kappa shape index (κ3) is 2.76. The van der Waals surface area contributed by atoms with Gasteiger partial charge in [0.2, 0.25) is 5.91 Å². The molecular formula is C12H15ClN2OS. The highest BCUT2D eigenvalue weighted by Gasteiger charge is 2.34. The number of nitrogens with zero attached hydrogens (tertiary/aromatic N) is 1. The van der Waals surface area contributed by atoms with Gasteiger partial charge in [0.1, 0.15) is 5.37 Å². The van der Waals surface area contributed by atoms with Gasteiger partial charge in [-0.3, -0.25) is 9.80 Å². The van der Waals surface area contributed by atoms with Gasteiger partial charge in [-0.1, -0.05) is 29.8 Å². The minimum absolute atomic E-state index is 0.0291. The maximum absolute atomic E-state index is 11.8. The quantitative estimate of drug-likeness (QED) is 0.917. The Balaban J connectivity index is 2.25. The van der Waals surface area contributed by atoms with E-state index in [1.807, 2.05) is 38.1 Å². The zero-order valence-corrected chi connectivity index (χ0v) is 11.4. The van der Waals surface area contributed by atoms with Gasteiger partial charge < -0.3 is 0 Å². The molecule has 0 bridgehead atoms. The van der Waals surface area contributed by atoms with Gasteiger partial charge in [-0.2, -0.15) is 0 Å². The summed E-state index contributed by atoms with van der Waals surface area (Å²) in [6.07, 6.45) is 0. The molecule has 1 amide bonds. The van der Waals surface area contributed by atoms with E-state index in [9.17, 15) is 4.79 Å². The normalized spacial score (nSPS) is 20.4. The standard InChI is InChI=1S/C12H15ClN2OS/c1-8(2)14-15-11(16)7-17-12(15)9-5-3-4-6-10(9)13/h3-6,8,12,14H,7H2,1-2H3. The van der Waals surface area contributed by atoms with E-state index in [0.717, 1.165) is 5.56 Å². The third-order valence-electron chi connectivity index (χ3n) is 2.44. The summed E-state index contributed by atoms with van der Waals surface area (Å²) in [6.45, 7) is 4.03. The minimum Gasteiger partial charge on any atom is -0.272 e. The first-order valence-corrected chi connectivity index (χ1v) is 6.96. The summed E-state index contributed by atoms with van der Waals surface area (Å²) < 4.78 is 0. The number of amides is 1. The summed E-state index contributed by atoms with van der Waals surface area (Å²) in [6, 6.07) is 7.88. The van der Waals surface area contributed by atoms with Crippen molar-refractivity contribution in [2.45, 2.75) is 25.3 Å². The Labute approximate surface area is 110 Å². The highest BCUT2D eigenvalue weighted by molar-refractivity contribution is 8.00. The summed E-state index contributed by atoms with van der Waals surface area (Å²) in [5.74, 6) is 0.601. The molecule has 92 valence electrons. The monoisotopic (exact) mass is 270 g/mol. The third-order valence-corrected chi connectivity index (χ3v) is 3.97. The van der Waals surface area contributed by atoms with Crippen molar-refractivity contribution in [1.82, 2.24) is 10.4 Å². The molecule has 1 aliphatic heterocycles. The maximum atomic E-state index is 11.8. The number of carbonyl (C=O) groups excluding carboxylic acids is 1. The number of hydrogen-bond acceptors (Lipinski definition) is 3. The lowest BCUT2D eigenvalue weighted by molar-refractivity contribution is -0.131. The van der Waals surface area contributed by atoms with Crippen molar-refractivity contribution in [2.75, 3.05) is 5.75 Å². The van der Waals surface area contributed by atoms with Gasteiger partial charge >= 0.3 is 0 Å². The van der Waals surface area contributed by atoms with Crippen LogP contribution >= 0.6 is 23.4 Å². The molecule has 5 heteroatoms. The lowest BCUT2D eigenvalue weighted by Crippen LogP contribution is -2.44. The Kier molecular flexibility index (Phi) is 3.97. The van der Waals surface area contributed by atoms with Gasteiger partial charge in [-0.15, -0.1) is 11.8 Å². The number of thioether (sulfide) groups is 1. The number of hydrogen-bond donors (Lipinski definition) is 1. The highest BCUT2D eigenvalue weighted by Crippen LogP contribution is 2.40. The number of benzene rings is 1. The zero-order valence-electron chi connectivity index (χ0n) is 9.81. The van der Waals surface area contributed by atoms with Gasteiger partial charge in [0, 0.05) is 16.6 Å². The molecule has 0 aliphatic carbocycles. The fraction of sp³-hybridized carbons (Fsp3) is 0.417. The van der Waals surface area contributed by atoms with Crippen molar-refractivity contribution in [3.63, 3.8) is 0 Å². The molecule has 0 radical (unpaired) electrons. The molecule has 2 rings (SSSR count). The summed E-state index contributed by atoms with van der Waals surface area (Å²) in [5.41, 5.74) is 4.16. The number of halogens is 1. The minimum atomic E-state index is -0.0291. The van der Waals surface area contributed by atoms with E-state index < -0.39 is 0 Å². The topological polar surface area (TPSA) is 32.3 Å². The number of hydrazine groups is 1. The molecule has 0 saturated carbocycles. The first-order chi connectivity index (χ1) is 8.09. The Morgan fingerprint density at radius 1 is 1.47 bits per heavy atom. The lowest BCUT2D eigenvalue weighted by atomic mass is 10.2. The van der Waals surface area contributed by atoms with Crippen LogP contribution in [0, 0.1) is 0 Å². The molecule has 1 aliphatic rings. The second-order valence-corrected chi connectivity index (χ2v) is 5.71. The highest BCUT2D eigenvalue weighted by atomic mass is 35.5. The van der Waals surface area contributed by atoms with E-state index in [4.69, 9.17) is 11.6 Å². The largest absolute Gasteiger partial charge is 0.272 e. The average Bonchev–Trinajstić information content (AvgIpc) is 2.61. The summed E-state index contributed by atoms with van der Waals surface area (Å²) >= 11 is 7.77. The van der Waals surface area contributed by atoms with Crippen LogP contribution in [-0.2, 0) is 4.79 Å². The lowest BCUT2D eigenvalue weighted by Gasteiger charge is -2.27. The van der Waals surface area contributed by atoms with Gasteiger partial charge in [-0.25, -0.2) is 5.43 Å². The molecule has 1 N–H and O–H groups in total. The number of nitrogens with one attached hydrogen (secondary N) is 1. The predicted molar refractivity (Wildman–Crippen MR) is 71.8 cm³/mol. The van der Waals surface area contributed by atoms with E-state index in [-0.39, 0.29) is 17.3 Å². The zero-order chi connectivity index (χ0) is 12.4. The maximum Gasteiger partial charge on any atom is 0.248 e. The number of rotatable bonds is 3. The van der Waals surface area contributed by atoms with Crippen LogP contribution in [0.4, 0.5) is 0 Å². The molecule has 1 aromatic rings. The first kappa shape index (κ1) is 12.7. The van der Waals surface area contributed by atoms with Crippen molar-refractivity contribution in [3.8, 4) is 0 Å². The van der Waals surface area contributed by atoms with Gasteiger partial charge in [-0.05, 0) is 19.9 Å². The number of carbonyl (C=O) groups is 1. The molecule has 3 nitrogen and oxygen atoms in total. The van der Waals surface area contributed by atoms with E-state index in [2.05, 4.69) is 5.43 Å². The van der Waals surface area contributed by atoms with Crippen LogP contribution < -0.4 is 5.43 Å². The van der Waals surface area contributed by atoms with E-state index in [1.54, 1.807) is 16.8 Å². The molecule has 17 heavy (non-hydrogen) atoms. The Morgan fingerprint density at radius 3 is 2.82 bits per heavy atom. The molecular weight excluding hydrogens is 256 g/mol. The Morgan fingerprint density at radius 2 is 2.18 bits per heavy atom. The molecule has 1 fully saturated rings. The van der Waals surface area contributed by atoms with Crippen LogP contribution in [0.15, 0.2) is 24.3 Å². The van der Waals surface area contributed by atoms with Crippen LogP contribution in [0.2, 0.25) is 5.02 Å². The molecule has 0 spiro atoms. The fourth-order valence-electron chi connectivity index (χ4n) is 1.75.